The van der Waals surface area contributed by atoms with Gasteiger partial charge in [-0.2, -0.15) is 0 Å². The van der Waals surface area contributed by atoms with Crippen molar-refractivity contribution in [1.82, 2.24) is 14.4 Å². The quantitative estimate of drug-likeness (QED) is 0.535. The van der Waals surface area contributed by atoms with Gasteiger partial charge in [-0.15, -0.1) is 11.8 Å². The molecule has 1 fully saturated rings. The van der Waals surface area contributed by atoms with Crippen LogP contribution in [0.1, 0.15) is 30.7 Å². The molecule has 7 heteroatoms. The van der Waals surface area contributed by atoms with E-state index in [1.54, 1.807) is 11.8 Å². The van der Waals surface area contributed by atoms with Crippen LogP contribution in [0.3, 0.4) is 0 Å². The van der Waals surface area contributed by atoms with Gasteiger partial charge in [-0.25, -0.2) is 4.99 Å². The van der Waals surface area contributed by atoms with E-state index in [1.165, 1.54) is 28.8 Å². The molecule has 0 radical (unpaired) electrons. The molecule has 0 bridgehead atoms. The predicted octanol–water partition coefficient (Wildman–Crippen LogP) is 3.78. The molecule has 0 unspecified atom stereocenters. The monoisotopic (exact) mass is 440 g/mol. The van der Waals surface area contributed by atoms with Gasteiger partial charge < -0.3 is 14.2 Å². The van der Waals surface area contributed by atoms with Crippen LogP contribution in [0.2, 0.25) is 0 Å². The molecular weight excluding hydrogens is 408 g/mol. The molecule has 31 heavy (non-hydrogen) atoms. The number of aromatic nitrogens is 1. The fourth-order valence-corrected chi connectivity index (χ4v) is 4.93. The number of carbonyl (C=O) groups is 1. The van der Waals surface area contributed by atoms with E-state index >= 15 is 0 Å². The average molecular weight is 441 g/mol. The van der Waals surface area contributed by atoms with Crippen molar-refractivity contribution in [3.8, 4) is 0 Å². The van der Waals surface area contributed by atoms with Gasteiger partial charge in [0, 0.05) is 50.4 Å². The third-order valence-electron chi connectivity index (χ3n) is 6.17. The lowest BCUT2D eigenvalue weighted by Crippen LogP contribution is -2.52. The molecule has 2 aromatic rings. The standard InChI is InChI=1S/C24H32N4O2S/c1-17-6-7-20-18(12-17)14-28-15-19(31-5)13-21(28)22(25-20)27-10-8-26(9-11-27)16-24(2,3)23(29)30-4/h6-7,12-13,15H,8-11,14,16H2,1-5H3. The minimum absolute atomic E-state index is 0.155. The Morgan fingerprint density at radius 3 is 2.61 bits per heavy atom. The summed E-state index contributed by atoms with van der Waals surface area (Å²) in [6.07, 6.45) is 4.36. The number of carbonyl (C=O) groups excluding carboxylic acids is 1. The Morgan fingerprint density at radius 1 is 1.19 bits per heavy atom. The lowest BCUT2D eigenvalue weighted by Gasteiger charge is -2.39. The minimum atomic E-state index is -0.504. The Kier molecular flexibility index (Phi) is 6.17. The summed E-state index contributed by atoms with van der Waals surface area (Å²) < 4.78 is 7.32. The number of methoxy groups -OCH3 is 1. The van der Waals surface area contributed by atoms with Gasteiger partial charge in [0.2, 0.25) is 0 Å². The first-order valence-corrected chi connectivity index (χ1v) is 12.0. The summed E-state index contributed by atoms with van der Waals surface area (Å²) in [5.41, 5.74) is 4.26. The van der Waals surface area contributed by atoms with Crippen LogP contribution < -0.4 is 0 Å². The van der Waals surface area contributed by atoms with Gasteiger partial charge >= 0.3 is 5.97 Å². The molecule has 1 aromatic heterocycles. The van der Waals surface area contributed by atoms with Gasteiger partial charge in [-0.3, -0.25) is 9.69 Å². The molecule has 0 spiro atoms. The highest BCUT2D eigenvalue weighted by Gasteiger charge is 2.33. The first-order chi connectivity index (χ1) is 14.8. The summed E-state index contributed by atoms with van der Waals surface area (Å²) in [4.78, 5) is 23.2. The second-order valence-electron chi connectivity index (χ2n) is 9.10. The van der Waals surface area contributed by atoms with Crippen molar-refractivity contribution >= 4 is 29.3 Å². The van der Waals surface area contributed by atoms with E-state index in [9.17, 15) is 4.79 Å². The second-order valence-corrected chi connectivity index (χ2v) is 9.98. The van der Waals surface area contributed by atoms with Crippen LogP contribution in [0.5, 0.6) is 0 Å². The molecule has 2 aliphatic heterocycles. The molecule has 3 heterocycles. The number of hydrogen-bond donors (Lipinski definition) is 0. The van der Waals surface area contributed by atoms with E-state index < -0.39 is 5.41 Å². The summed E-state index contributed by atoms with van der Waals surface area (Å²) >= 11 is 1.77. The van der Waals surface area contributed by atoms with Crippen molar-refractivity contribution in [2.45, 2.75) is 32.2 Å². The fourth-order valence-electron chi connectivity index (χ4n) is 4.47. The number of fused-ring (bicyclic) bond motifs is 2. The van der Waals surface area contributed by atoms with Crippen LogP contribution in [0.15, 0.2) is 40.4 Å². The summed E-state index contributed by atoms with van der Waals surface area (Å²) in [5.74, 6) is 0.896. The molecule has 0 aliphatic carbocycles. The summed E-state index contributed by atoms with van der Waals surface area (Å²) in [6.45, 7) is 11.2. The highest BCUT2D eigenvalue weighted by molar-refractivity contribution is 7.98. The van der Waals surface area contributed by atoms with E-state index in [-0.39, 0.29) is 5.97 Å². The number of hydrogen-bond acceptors (Lipinski definition) is 6. The predicted molar refractivity (Wildman–Crippen MR) is 127 cm³/mol. The van der Waals surface area contributed by atoms with Crippen LogP contribution in [0.4, 0.5) is 5.69 Å². The third-order valence-corrected chi connectivity index (χ3v) is 6.86. The Balaban J connectivity index is 1.58. The molecule has 0 atom stereocenters. The molecule has 166 valence electrons. The lowest BCUT2D eigenvalue weighted by molar-refractivity contribution is -0.152. The first-order valence-electron chi connectivity index (χ1n) is 10.8. The summed E-state index contributed by atoms with van der Waals surface area (Å²) in [7, 11) is 1.46. The molecule has 1 saturated heterocycles. The molecule has 0 amide bonds. The Morgan fingerprint density at radius 2 is 1.94 bits per heavy atom. The highest BCUT2D eigenvalue weighted by atomic mass is 32.2. The Bertz CT molecular complexity index is 1000. The Labute approximate surface area is 189 Å². The van der Waals surface area contributed by atoms with Crippen molar-refractivity contribution in [2.75, 3.05) is 46.1 Å². The van der Waals surface area contributed by atoms with Crippen molar-refractivity contribution in [3.63, 3.8) is 0 Å². The first kappa shape index (κ1) is 22.0. The second kappa shape index (κ2) is 8.71. The van der Waals surface area contributed by atoms with Crippen molar-refractivity contribution in [2.24, 2.45) is 10.4 Å². The van der Waals surface area contributed by atoms with Gasteiger partial charge in [0.1, 0.15) is 0 Å². The SMILES string of the molecule is COC(=O)C(C)(C)CN1CCN(C2=Nc3ccc(C)cc3Cn3cc(SC)cc32)CC1. The maximum Gasteiger partial charge on any atom is 0.312 e. The van der Waals surface area contributed by atoms with Gasteiger partial charge in [0.25, 0.3) is 0 Å². The number of aryl methyl sites for hydroxylation is 1. The van der Waals surface area contributed by atoms with E-state index in [1.807, 2.05) is 13.8 Å². The number of rotatable bonds is 4. The summed E-state index contributed by atoms with van der Waals surface area (Å²) in [6, 6.07) is 8.79. The van der Waals surface area contributed by atoms with Gasteiger partial charge in [-0.1, -0.05) is 17.7 Å². The Hall–Kier alpha value is -2.25. The molecular formula is C24H32N4O2S. The number of benzene rings is 1. The molecule has 4 rings (SSSR count). The maximum atomic E-state index is 12.1. The minimum Gasteiger partial charge on any atom is -0.469 e. The van der Waals surface area contributed by atoms with Gasteiger partial charge in [0.15, 0.2) is 5.84 Å². The van der Waals surface area contributed by atoms with E-state index in [4.69, 9.17) is 9.73 Å². The third kappa shape index (κ3) is 4.53. The lowest BCUT2D eigenvalue weighted by atomic mass is 9.92. The van der Waals surface area contributed by atoms with Crippen LogP contribution in [-0.4, -0.2) is 72.3 Å². The van der Waals surface area contributed by atoms with Crippen molar-refractivity contribution in [3.05, 3.63) is 47.3 Å². The van der Waals surface area contributed by atoms with Crippen molar-refractivity contribution in [1.29, 1.82) is 0 Å². The number of aliphatic imine (C=N–C) groups is 1. The van der Waals surface area contributed by atoms with Crippen molar-refractivity contribution < 1.29 is 9.53 Å². The fraction of sp³-hybridized carbons (Fsp3) is 0.500. The van der Waals surface area contributed by atoms with Crippen LogP contribution >= 0.6 is 11.8 Å². The molecule has 0 saturated carbocycles. The van der Waals surface area contributed by atoms with E-state index in [0.29, 0.717) is 6.54 Å². The number of thioether (sulfide) groups is 1. The zero-order valence-electron chi connectivity index (χ0n) is 19.1. The number of esters is 1. The largest absolute Gasteiger partial charge is 0.469 e. The number of ether oxygens (including phenoxy) is 1. The number of nitrogens with zero attached hydrogens (tertiary/aromatic N) is 4. The number of amidine groups is 1. The highest BCUT2D eigenvalue weighted by Crippen LogP contribution is 2.31. The smallest absolute Gasteiger partial charge is 0.312 e. The average Bonchev–Trinajstić information content (AvgIpc) is 3.09. The molecule has 1 aromatic carbocycles. The number of piperazine rings is 1. The zero-order valence-corrected chi connectivity index (χ0v) is 20.0. The topological polar surface area (TPSA) is 50.1 Å². The van der Waals surface area contributed by atoms with E-state index in [2.05, 4.69) is 58.0 Å². The van der Waals surface area contributed by atoms with Crippen LogP contribution in [0.25, 0.3) is 0 Å². The van der Waals surface area contributed by atoms with Gasteiger partial charge in [0.05, 0.1) is 23.9 Å². The molecule has 0 N–H and O–H groups in total. The van der Waals surface area contributed by atoms with Gasteiger partial charge in [-0.05, 0) is 44.7 Å². The normalized spacial score (nSPS) is 16.9. The molecule has 6 nitrogen and oxygen atoms in total. The zero-order chi connectivity index (χ0) is 22.2. The molecule has 2 aliphatic rings. The van der Waals surface area contributed by atoms with Crippen LogP contribution in [0, 0.1) is 12.3 Å². The summed E-state index contributed by atoms with van der Waals surface area (Å²) in [5, 5.41) is 0. The van der Waals surface area contributed by atoms with Crippen LogP contribution in [-0.2, 0) is 16.1 Å². The maximum absolute atomic E-state index is 12.1. The van der Waals surface area contributed by atoms with E-state index in [0.717, 1.165) is 44.2 Å².